The maximum Gasteiger partial charge on any atom is 0.230 e. The van der Waals surface area contributed by atoms with Gasteiger partial charge >= 0.3 is 0 Å². The van der Waals surface area contributed by atoms with Crippen molar-refractivity contribution >= 4 is 40.8 Å². The number of carbonyl (C=O) groups excluding carboxylic acids is 2. The monoisotopic (exact) mass is 334 g/mol. The Kier molecular flexibility index (Phi) is 7.45. The number of aliphatic carboxylic acids is 1. The van der Waals surface area contributed by atoms with Crippen LogP contribution in [0.4, 0.5) is 5.69 Å². The number of methoxy groups -OCH3 is 1. The number of para-hydroxylation sites is 1. The first-order valence-electron chi connectivity index (χ1n) is 6.22. The summed E-state index contributed by atoms with van der Waals surface area (Å²) in [5, 5.41) is 15.6. The minimum Gasteiger partial charge on any atom is -0.544 e. The lowest BCUT2D eigenvalue weighted by Gasteiger charge is -2.16. The van der Waals surface area contributed by atoms with Crippen molar-refractivity contribution in [2.75, 3.05) is 25.6 Å². The summed E-state index contributed by atoms with van der Waals surface area (Å²) in [4.78, 5) is 22.9. The standard InChI is InChI=1S/C13H16Cl2N2O4/c1-21-6-5-16-10(13(19)20)7-11(18)17-12-8(14)3-2-4-9(12)15/h2-4,10,16H,5-7H2,1H3,(H,17,18)(H,19,20)/t10-/m1/s1. The molecular weight excluding hydrogens is 319 g/mol. The molecule has 1 atom stereocenters. The van der Waals surface area contributed by atoms with Gasteiger partial charge in [0, 0.05) is 7.11 Å². The van der Waals surface area contributed by atoms with E-state index in [4.69, 9.17) is 27.9 Å². The Bertz CT molecular complexity index is 491. The van der Waals surface area contributed by atoms with Gasteiger partial charge < -0.3 is 25.3 Å². The van der Waals surface area contributed by atoms with Crippen LogP contribution < -0.4 is 15.7 Å². The first-order valence-corrected chi connectivity index (χ1v) is 6.98. The minimum atomic E-state index is -1.31. The molecule has 0 radical (unpaired) electrons. The van der Waals surface area contributed by atoms with Crippen LogP contribution in [0.25, 0.3) is 0 Å². The molecule has 6 nitrogen and oxygen atoms in total. The van der Waals surface area contributed by atoms with E-state index in [-0.39, 0.29) is 22.2 Å². The molecule has 1 rings (SSSR count). The minimum absolute atomic E-state index is 0.256. The number of carbonyl (C=O) groups is 2. The predicted molar refractivity (Wildman–Crippen MR) is 77.2 cm³/mol. The van der Waals surface area contributed by atoms with Crippen LogP contribution in [0.1, 0.15) is 6.42 Å². The van der Waals surface area contributed by atoms with E-state index in [1.165, 1.54) is 12.4 Å². The maximum absolute atomic E-state index is 11.9. The molecule has 116 valence electrons. The van der Waals surface area contributed by atoms with Gasteiger partial charge in [-0.15, -0.1) is 0 Å². The normalized spacial score (nSPS) is 12.0. The van der Waals surface area contributed by atoms with Gasteiger partial charge in [-0.05, 0) is 12.1 Å². The van der Waals surface area contributed by atoms with Gasteiger partial charge in [0.05, 0.1) is 41.3 Å². The van der Waals surface area contributed by atoms with E-state index >= 15 is 0 Å². The highest BCUT2D eigenvalue weighted by atomic mass is 35.5. The van der Waals surface area contributed by atoms with Crippen molar-refractivity contribution < 1.29 is 24.7 Å². The lowest BCUT2D eigenvalue weighted by molar-refractivity contribution is -0.683. The van der Waals surface area contributed by atoms with Crippen molar-refractivity contribution in [2.45, 2.75) is 12.5 Å². The van der Waals surface area contributed by atoms with Crippen LogP contribution in [0, 0.1) is 0 Å². The summed E-state index contributed by atoms with van der Waals surface area (Å²) < 4.78 is 4.82. The summed E-state index contributed by atoms with van der Waals surface area (Å²) in [6, 6.07) is 3.79. The van der Waals surface area contributed by atoms with E-state index in [2.05, 4.69) is 5.32 Å². The second kappa shape index (κ2) is 8.84. The van der Waals surface area contributed by atoms with Crippen molar-refractivity contribution in [1.82, 2.24) is 0 Å². The number of halogens is 2. The molecule has 8 heteroatoms. The number of carboxylic acid groups (broad SMARTS) is 1. The molecule has 0 bridgehead atoms. The van der Waals surface area contributed by atoms with E-state index in [1.807, 2.05) is 0 Å². The van der Waals surface area contributed by atoms with E-state index in [9.17, 15) is 14.7 Å². The third-order valence-corrected chi connectivity index (χ3v) is 3.34. The van der Waals surface area contributed by atoms with Gasteiger partial charge in [0.25, 0.3) is 0 Å². The van der Waals surface area contributed by atoms with Crippen molar-refractivity contribution in [2.24, 2.45) is 0 Å². The Morgan fingerprint density at radius 3 is 2.52 bits per heavy atom. The third-order valence-electron chi connectivity index (χ3n) is 2.71. The topological polar surface area (TPSA) is 95.1 Å². The highest BCUT2D eigenvalue weighted by Gasteiger charge is 2.19. The molecule has 0 spiro atoms. The Balaban J connectivity index is 2.63. The molecule has 0 heterocycles. The van der Waals surface area contributed by atoms with Crippen LogP contribution >= 0.6 is 23.2 Å². The Hall–Kier alpha value is -1.34. The fraction of sp³-hybridized carbons (Fsp3) is 0.385. The molecule has 1 amide bonds. The van der Waals surface area contributed by atoms with E-state index in [1.54, 1.807) is 18.2 Å². The highest BCUT2D eigenvalue weighted by molar-refractivity contribution is 6.39. The summed E-state index contributed by atoms with van der Waals surface area (Å²) in [7, 11) is 1.51. The quantitative estimate of drug-likeness (QED) is 0.635. The zero-order valence-corrected chi connectivity index (χ0v) is 12.9. The largest absolute Gasteiger partial charge is 0.544 e. The lowest BCUT2D eigenvalue weighted by Crippen LogP contribution is -2.94. The number of hydrogen-bond acceptors (Lipinski definition) is 4. The summed E-state index contributed by atoms with van der Waals surface area (Å²) >= 11 is 11.8. The van der Waals surface area contributed by atoms with Crippen LogP contribution in [-0.4, -0.2) is 38.2 Å². The first-order chi connectivity index (χ1) is 9.95. The van der Waals surface area contributed by atoms with Gasteiger partial charge in [0.2, 0.25) is 5.91 Å². The SMILES string of the molecule is COCC[NH2+][C@H](CC(=O)Nc1c(Cl)cccc1Cl)C(=O)[O-]. The third kappa shape index (κ3) is 5.89. The summed E-state index contributed by atoms with van der Waals surface area (Å²) in [6.45, 7) is 0.789. The number of nitrogens with two attached hydrogens (primary N) is 1. The van der Waals surface area contributed by atoms with Gasteiger partial charge in [-0.25, -0.2) is 0 Å². The lowest BCUT2D eigenvalue weighted by atomic mass is 10.2. The Morgan fingerprint density at radius 1 is 1.38 bits per heavy atom. The first kappa shape index (κ1) is 17.7. The van der Waals surface area contributed by atoms with Crippen molar-refractivity contribution in [1.29, 1.82) is 0 Å². The Labute approximate surface area is 132 Å². The second-order valence-electron chi connectivity index (χ2n) is 4.29. The summed E-state index contributed by atoms with van der Waals surface area (Å²) in [5.74, 6) is -1.82. The van der Waals surface area contributed by atoms with Gasteiger partial charge in [0.1, 0.15) is 6.04 Å². The van der Waals surface area contributed by atoms with Crippen molar-refractivity contribution in [3.05, 3.63) is 28.2 Å². The number of ether oxygens (including phenoxy) is 1. The van der Waals surface area contributed by atoms with E-state index in [0.717, 1.165) is 0 Å². The number of carboxylic acids is 1. The molecule has 0 unspecified atom stereocenters. The highest BCUT2D eigenvalue weighted by Crippen LogP contribution is 2.29. The van der Waals surface area contributed by atoms with E-state index in [0.29, 0.717) is 13.2 Å². The maximum atomic E-state index is 11.9. The van der Waals surface area contributed by atoms with Crippen LogP contribution in [-0.2, 0) is 14.3 Å². The molecule has 0 saturated heterocycles. The number of rotatable bonds is 8. The molecule has 0 saturated carbocycles. The zero-order valence-electron chi connectivity index (χ0n) is 11.4. The van der Waals surface area contributed by atoms with Gasteiger partial charge in [-0.1, -0.05) is 29.3 Å². The van der Waals surface area contributed by atoms with Gasteiger partial charge in [-0.2, -0.15) is 0 Å². The molecule has 3 N–H and O–H groups in total. The molecule has 1 aromatic carbocycles. The average Bonchev–Trinajstić information content (AvgIpc) is 2.42. The molecule has 0 fully saturated rings. The summed E-state index contributed by atoms with van der Waals surface area (Å²) in [5.41, 5.74) is 0.264. The number of hydrogen-bond donors (Lipinski definition) is 2. The smallest absolute Gasteiger partial charge is 0.230 e. The van der Waals surface area contributed by atoms with Crippen molar-refractivity contribution in [3.8, 4) is 0 Å². The number of anilines is 1. The fourth-order valence-corrected chi connectivity index (χ4v) is 2.15. The molecule has 0 aliphatic rings. The van der Waals surface area contributed by atoms with Crippen LogP contribution in [0.15, 0.2) is 18.2 Å². The number of quaternary nitrogens is 1. The average molecular weight is 335 g/mol. The molecule has 1 aromatic rings. The van der Waals surface area contributed by atoms with Gasteiger partial charge in [-0.3, -0.25) is 4.79 Å². The van der Waals surface area contributed by atoms with E-state index < -0.39 is 17.9 Å². The number of benzene rings is 1. The molecular formula is C13H16Cl2N2O4. The predicted octanol–water partition coefficient (Wildman–Crippen LogP) is -0.350. The number of nitrogens with one attached hydrogen (secondary N) is 1. The summed E-state index contributed by atoms with van der Waals surface area (Å²) in [6.07, 6.45) is -0.256. The molecule has 0 aromatic heterocycles. The molecule has 21 heavy (non-hydrogen) atoms. The van der Waals surface area contributed by atoms with Crippen LogP contribution in [0.5, 0.6) is 0 Å². The fourth-order valence-electron chi connectivity index (χ4n) is 1.66. The Morgan fingerprint density at radius 2 is 2.00 bits per heavy atom. The molecule has 0 aliphatic carbocycles. The zero-order chi connectivity index (χ0) is 15.8. The molecule has 0 aliphatic heterocycles. The van der Waals surface area contributed by atoms with Crippen molar-refractivity contribution in [3.63, 3.8) is 0 Å². The van der Waals surface area contributed by atoms with Crippen LogP contribution in [0.3, 0.4) is 0 Å². The van der Waals surface area contributed by atoms with Gasteiger partial charge in [0.15, 0.2) is 0 Å². The number of amides is 1. The van der Waals surface area contributed by atoms with Crippen LogP contribution in [0.2, 0.25) is 10.0 Å². The second-order valence-corrected chi connectivity index (χ2v) is 5.11.